The molecule has 0 radical (unpaired) electrons. The van der Waals surface area contributed by atoms with Crippen LogP contribution >= 0.6 is 0 Å². The summed E-state index contributed by atoms with van der Waals surface area (Å²) in [5, 5.41) is 21.0. The second-order valence-electron chi connectivity index (χ2n) is 5.25. The Morgan fingerprint density at radius 1 is 1.38 bits per heavy atom. The second-order valence-corrected chi connectivity index (χ2v) is 5.25. The first-order chi connectivity index (χ1) is 10.2. The van der Waals surface area contributed by atoms with E-state index in [0.29, 0.717) is 19.5 Å². The van der Waals surface area contributed by atoms with Crippen LogP contribution in [-0.4, -0.2) is 47.2 Å². The number of hydrogen-bond donors (Lipinski definition) is 2. The first-order valence-electron chi connectivity index (χ1n) is 6.97. The van der Waals surface area contributed by atoms with Crippen LogP contribution < -0.4 is 0 Å². The highest BCUT2D eigenvalue weighted by Gasteiger charge is 2.29. The Morgan fingerprint density at radius 2 is 2.14 bits per heavy atom. The number of nitrogens with zero attached hydrogens (tertiary/aromatic N) is 2. The van der Waals surface area contributed by atoms with Crippen LogP contribution in [0.1, 0.15) is 12.0 Å². The third-order valence-electron chi connectivity index (χ3n) is 3.57. The van der Waals surface area contributed by atoms with Crippen molar-refractivity contribution < 1.29 is 19.8 Å². The summed E-state index contributed by atoms with van der Waals surface area (Å²) in [6.45, 7) is 1.12. The summed E-state index contributed by atoms with van der Waals surface area (Å²) >= 11 is 0. The monoisotopic (exact) mass is 292 g/mol. The van der Waals surface area contributed by atoms with Crippen LogP contribution in [0.4, 0.5) is 4.79 Å². The molecule has 1 aliphatic rings. The Bertz CT molecular complexity index is 478. The zero-order chi connectivity index (χ0) is 15.1. The van der Waals surface area contributed by atoms with E-state index in [9.17, 15) is 9.90 Å². The average Bonchev–Trinajstić information content (AvgIpc) is 2.53. The molecule has 6 nitrogen and oxygen atoms in total. The van der Waals surface area contributed by atoms with Gasteiger partial charge in [0.2, 0.25) is 0 Å². The molecule has 1 saturated heterocycles. The predicted molar refractivity (Wildman–Crippen MR) is 77.2 cm³/mol. The zero-order valence-corrected chi connectivity index (χ0v) is 11.8. The van der Waals surface area contributed by atoms with Crippen molar-refractivity contribution in [1.29, 1.82) is 0 Å². The molecule has 1 aliphatic heterocycles. The van der Waals surface area contributed by atoms with Crippen molar-refractivity contribution in [2.45, 2.75) is 13.0 Å². The van der Waals surface area contributed by atoms with Gasteiger partial charge in [0.05, 0.1) is 0 Å². The summed E-state index contributed by atoms with van der Waals surface area (Å²) in [6.07, 6.45) is 1.69. The Labute approximate surface area is 123 Å². The molecule has 0 aliphatic carbocycles. The highest BCUT2D eigenvalue weighted by atomic mass is 16.6. The number of rotatable bonds is 4. The lowest BCUT2D eigenvalue weighted by atomic mass is 9.91. The SMILES string of the molecule is O=C(OCc1ccccc1)N1CC(/C=N/O)CC(CO)C1. The van der Waals surface area contributed by atoms with E-state index in [-0.39, 0.29) is 25.0 Å². The normalized spacial score (nSPS) is 22.4. The van der Waals surface area contributed by atoms with Crippen LogP contribution in [0.3, 0.4) is 0 Å². The van der Waals surface area contributed by atoms with E-state index in [2.05, 4.69) is 5.16 Å². The summed E-state index contributed by atoms with van der Waals surface area (Å²) in [5.41, 5.74) is 0.926. The maximum Gasteiger partial charge on any atom is 0.410 e. The van der Waals surface area contributed by atoms with Crippen molar-refractivity contribution >= 4 is 12.3 Å². The van der Waals surface area contributed by atoms with Crippen LogP contribution in [0.2, 0.25) is 0 Å². The fourth-order valence-electron chi connectivity index (χ4n) is 2.54. The van der Waals surface area contributed by atoms with Crippen molar-refractivity contribution in [3.05, 3.63) is 35.9 Å². The van der Waals surface area contributed by atoms with E-state index in [1.54, 1.807) is 4.90 Å². The smallest absolute Gasteiger partial charge is 0.410 e. The molecular weight excluding hydrogens is 272 g/mol. The van der Waals surface area contributed by atoms with E-state index >= 15 is 0 Å². The lowest BCUT2D eigenvalue weighted by molar-refractivity contribution is 0.0612. The number of carbonyl (C=O) groups is 1. The molecule has 2 atom stereocenters. The number of benzene rings is 1. The highest BCUT2D eigenvalue weighted by Crippen LogP contribution is 2.21. The number of piperidine rings is 1. The third kappa shape index (κ3) is 4.46. The average molecular weight is 292 g/mol. The van der Waals surface area contributed by atoms with Gasteiger partial charge in [0, 0.05) is 37.7 Å². The Kier molecular flexibility index (Phi) is 5.57. The van der Waals surface area contributed by atoms with E-state index in [1.807, 2.05) is 30.3 Å². The quantitative estimate of drug-likeness (QED) is 0.503. The fourth-order valence-corrected chi connectivity index (χ4v) is 2.54. The van der Waals surface area contributed by atoms with Gasteiger partial charge >= 0.3 is 6.09 Å². The number of aliphatic hydroxyl groups excluding tert-OH is 1. The topological polar surface area (TPSA) is 82.4 Å². The first-order valence-corrected chi connectivity index (χ1v) is 6.97. The van der Waals surface area contributed by atoms with Gasteiger partial charge in [-0.25, -0.2) is 4.79 Å². The lowest BCUT2D eigenvalue weighted by Crippen LogP contribution is -2.45. The molecule has 0 spiro atoms. The standard InChI is InChI=1S/C15H20N2O4/c18-10-14-6-13(7-16-20)8-17(9-14)15(19)21-11-12-4-2-1-3-5-12/h1-5,7,13-14,18,20H,6,8-11H2/b16-7+. The fraction of sp³-hybridized carbons (Fsp3) is 0.467. The minimum absolute atomic E-state index is 0.00175. The number of amides is 1. The number of aliphatic hydroxyl groups is 1. The number of oxime groups is 1. The van der Waals surface area contributed by atoms with E-state index in [1.165, 1.54) is 6.21 Å². The molecule has 1 heterocycles. The van der Waals surface area contributed by atoms with Crippen molar-refractivity contribution in [2.24, 2.45) is 17.0 Å². The van der Waals surface area contributed by atoms with Gasteiger partial charge in [-0.15, -0.1) is 5.16 Å². The molecule has 0 bridgehead atoms. The van der Waals surface area contributed by atoms with Crippen LogP contribution in [0.15, 0.2) is 35.5 Å². The summed E-state index contributed by atoms with van der Waals surface area (Å²) in [4.78, 5) is 13.7. The van der Waals surface area contributed by atoms with Crippen molar-refractivity contribution in [3.8, 4) is 0 Å². The summed E-state index contributed by atoms with van der Waals surface area (Å²) in [5.74, 6) is -0.0869. The minimum atomic E-state index is -0.409. The third-order valence-corrected chi connectivity index (χ3v) is 3.57. The molecule has 2 N–H and O–H groups in total. The van der Waals surface area contributed by atoms with E-state index < -0.39 is 6.09 Å². The van der Waals surface area contributed by atoms with Crippen molar-refractivity contribution in [3.63, 3.8) is 0 Å². The Morgan fingerprint density at radius 3 is 2.81 bits per heavy atom. The molecule has 1 amide bonds. The minimum Gasteiger partial charge on any atom is -0.445 e. The number of hydrogen-bond acceptors (Lipinski definition) is 5. The van der Waals surface area contributed by atoms with Crippen LogP contribution in [0.5, 0.6) is 0 Å². The maximum absolute atomic E-state index is 12.1. The van der Waals surface area contributed by atoms with Gasteiger partial charge in [0.15, 0.2) is 0 Å². The molecule has 2 unspecified atom stereocenters. The van der Waals surface area contributed by atoms with Gasteiger partial charge in [-0.1, -0.05) is 30.3 Å². The molecule has 1 aromatic carbocycles. The Balaban J connectivity index is 1.91. The van der Waals surface area contributed by atoms with Gasteiger partial charge in [0.25, 0.3) is 0 Å². The first kappa shape index (κ1) is 15.3. The predicted octanol–water partition coefficient (Wildman–Crippen LogP) is 1.71. The maximum atomic E-state index is 12.1. The van der Waals surface area contributed by atoms with E-state index in [0.717, 1.165) is 5.56 Å². The zero-order valence-electron chi connectivity index (χ0n) is 11.8. The Hall–Kier alpha value is -2.08. The number of ether oxygens (including phenoxy) is 1. The molecule has 6 heteroatoms. The molecule has 2 rings (SSSR count). The van der Waals surface area contributed by atoms with Gasteiger partial charge < -0.3 is 20.0 Å². The van der Waals surface area contributed by atoms with Crippen molar-refractivity contribution in [1.82, 2.24) is 4.90 Å². The number of carbonyl (C=O) groups excluding carboxylic acids is 1. The van der Waals surface area contributed by atoms with Crippen LogP contribution in [0, 0.1) is 11.8 Å². The van der Waals surface area contributed by atoms with Crippen molar-refractivity contribution in [2.75, 3.05) is 19.7 Å². The largest absolute Gasteiger partial charge is 0.445 e. The van der Waals surface area contributed by atoms with Gasteiger partial charge in [0.1, 0.15) is 6.61 Å². The van der Waals surface area contributed by atoms with Gasteiger partial charge in [-0.2, -0.15) is 0 Å². The van der Waals surface area contributed by atoms with E-state index in [4.69, 9.17) is 9.94 Å². The molecular formula is C15H20N2O4. The molecule has 0 saturated carbocycles. The second kappa shape index (κ2) is 7.64. The molecule has 21 heavy (non-hydrogen) atoms. The summed E-state index contributed by atoms with van der Waals surface area (Å²) in [7, 11) is 0. The van der Waals surface area contributed by atoms with Crippen LogP contribution in [-0.2, 0) is 11.3 Å². The molecule has 114 valence electrons. The highest BCUT2D eigenvalue weighted by molar-refractivity contribution is 5.69. The van der Waals surface area contributed by atoms with Gasteiger partial charge in [-0.05, 0) is 12.0 Å². The van der Waals surface area contributed by atoms with Gasteiger partial charge in [-0.3, -0.25) is 0 Å². The van der Waals surface area contributed by atoms with Crippen LogP contribution in [0.25, 0.3) is 0 Å². The lowest BCUT2D eigenvalue weighted by Gasteiger charge is -2.34. The summed E-state index contributed by atoms with van der Waals surface area (Å²) < 4.78 is 5.29. The summed E-state index contributed by atoms with van der Waals surface area (Å²) in [6, 6.07) is 9.46. The molecule has 0 aromatic heterocycles. The molecule has 1 fully saturated rings. The molecule has 1 aromatic rings. The number of likely N-dealkylation sites (tertiary alicyclic amines) is 1.